The molecule has 0 aromatic heterocycles. The summed E-state index contributed by atoms with van der Waals surface area (Å²) in [4.78, 5) is 38.3. The van der Waals surface area contributed by atoms with E-state index in [4.69, 9.17) is 9.84 Å². The number of carboxylic acid groups (broad SMARTS) is 1. The van der Waals surface area contributed by atoms with E-state index in [-0.39, 0.29) is 36.8 Å². The monoisotopic (exact) mass is 478 g/mol. The molecule has 1 saturated heterocycles. The molecule has 35 heavy (non-hydrogen) atoms. The van der Waals surface area contributed by atoms with Gasteiger partial charge in [0.05, 0.1) is 5.92 Å². The van der Waals surface area contributed by atoms with E-state index in [9.17, 15) is 14.4 Å². The van der Waals surface area contributed by atoms with Gasteiger partial charge in [-0.15, -0.1) is 0 Å². The minimum Gasteiger partial charge on any atom is -0.481 e. The van der Waals surface area contributed by atoms with Gasteiger partial charge in [0.25, 0.3) is 0 Å². The number of carboxylic acids is 1. The molecule has 2 atom stereocenters. The molecule has 1 fully saturated rings. The topological polar surface area (TPSA) is 95.9 Å². The first-order chi connectivity index (χ1) is 16.9. The number of nitrogens with one attached hydrogen (secondary N) is 1. The van der Waals surface area contributed by atoms with Gasteiger partial charge < -0.3 is 20.1 Å². The zero-order valence-corrected chi connectivity index (χ0v) is 20.4. The standard InChI is InChI=1S/C28H34N2O5/c1-3-4-9-20(14-26(31)30-15-19(16-30)18(2)27(32)33)29-28(34)35-17-25-23-12-7-5-10-21(23)22-11-6-8-13-24(22)25/h5-8,10-13,18-20,25H,3-4,9,14-17H2,1-2H3,(H,29,34)(H,32,33)/t18?,20-/m1/s1. The molecule has 0 radical (unpaired) electrons. The number of hydrogen-bond donors (Lipinski definition) is 2. The SMILES string of the molecule is CCCC[C@H](CC(=O)N1CC(C(C)C(=O)O)C1)NC(=O)OCC1c2ccccc2-c2ccccc21. The number of unbranched alkanes of at least 4 members (excludes halogenated alkanes) is 1. The second-order valence-corrected chi connectivity index (χ2v) is 9.70. The van der Waals surface area contributed by atoms with E-state index in [1.807, 2.05) is 24.3 Å². The second kappa shape index (κ2) is 10.9. The Morgan fingerprint density at radius 1 is 1.06 bits per heavy atom. The number of alkyl carbamates (subject to hydrolysis) is 1. The number of benzene rings is 2. The van der Waals surface area contributed by atoms with E-state index in [1.54, 1.807) is 11.8 Å². The van der Waals surface area contributed by atoms with Crippen LogP contribution in [0.2, 0.25) is 0 Å². The fourth-order valence-corrected chi connectivity index (χ4v) is 5.06. The summed E-state index contributed by atoms with van der Waals surface area (Å²) in [7, 11) is 0. The number of fused-ring (bicyclic) bond motifs is 3. The minimum absolute atomic E-state index is 0.0133. The summed E-state index contributed by atoms with van der Waals surface area (Å²) < 4.78 is 5.67. The van der Waals surface area contributed by atoms with Crippen molar-refractivity contribution in [1.29, 1.82) is 0 Å². The Morgan fingerprint density at radius 3 is 2.23 bits per heavy atom. The highest BCUT2D eigenvalue weighted by atomic mass is 16.5. The lowest BCUT2D eigenvalue weighted by Crippen LogP contribution is -2.54. The quantitative estimate of drug-likeness (QED) is 0.518. The third-order valence-electron chi connectivity index (χ3n) is 7.35. The largest absolute Gasteiger partial charge is 0.481 e. The average molecular weight is 479 g/mol. The molecule has 7 nitrogen and oxygen atoms in total. The summed E-state index contributed by atoms with van der Waals surface area (Å²) in [5, 5.41) is 12.1. The van der Waals surface area contributed by atoms with Gasteiger partial charge in [-0.25, -0.2) is 4.79 Å². The first kappa shape index (κ1) is 24.8. The number of likely N-dealkylation sites (tertiary alicyclic amines) is 1. The molecule has 1 aliphatic carbocycles. The van der Waals surface area contributed by atoms with Gasteiger partial charge in [0.2, 0.25) is 5.91 Å². The third kappa shape index (κ3) is 5.50. The highest BCUT2D eigenvalue weighted by Crippen LogP contribution is 2.44. The highest BCUT2D eigenvalue weighted by Gasteiger charge is 2.37. The maximum atomic E-state index is 12.7. The molecular weight excluding hydrogens is 444 g/mol. The van der Waals surface area contributed by atoms with Gasteiger partial charge in [0.15, 0.2) is 0 Å². The van der Waals surface area contributed by atoms with Crippen molar-refractivity contribution < 1.29 is 24.2 Å². The van der Waals surface area contributed by atoms with E-state index in [0.29, 0.717) is 19.5 Å². The van der Waals surface area contributed by atoms with Gasteiger partial charge in [0, 0.05) is 37.4 Å². The van der Waals surface area contributed by atoms with Crippen LogP contribution in [0.4, 0.5) is 4.79 Å². The first-order valence-electron chi connectivity index (χ1n) is 12.5. The fourth-order valence-electron chi connectivity index (χ4n) is 5.06. The molecule has 1 aliphatic heterocycles. The van der Waals surface area contributed by atoms with Gasteiger partial charge in [-0.2, -0.15) is 0 Å². The van der Waals surface area contributed by atoms with Crippen LogP contribution in [0.1, 0.15) is 56.6 Å². The summed E-state index contributed by atoms with van der Waals surface area (Å²) in [5.41, 5.74) is 4.66. The molecule has 7 heteroatoms. The molecule has 0 spiro atoms. The summed E-state index contributed by atoms with van der Waals surface area (Å²) >= 11 is 0. The van der Waals surface area contributed by atoms with Crippen molar-refractivity contribution in [3.05, 3.63) is 59.7 Å². The van der Waals surface area contributed by atoms with Crippen LogP contribution in [0, 0.1) is 11.8 Å². The molecule has 1 heterocycles. The number of amides is 2. The molecule has 1 unspecified atom stereocenters. The van der Waals surface area contributed by atoms with Crippen molar-refractivity contribution in [3.63, 3.8) is 0 Å². The zero-order chi connectivity index (χ0) is 24.9. The van der Waals surface area contributed by atoms with Crippen LogP contribution in [0.15, 0.2) is 48.5 Å². The predicted octanol–water partition coefficient (Wildman–Crippen LogP) is 4.65. The summed E-state index contributed by atoms with van der Waals surface area (Å²) in [5.74, 6) is -1.38. The molecule has 0 saturated carbocycles. The Labute approximate surface area is 206 Å². The zero-order valence-electron chi connectivity index (χ0n) is 20.4. The molecule has 2 amide bonds. The Balaban J connectivity index is 1.32. The average Bonchev–Trinajstić information content (AvgIpc) is 3.14. The highest BCUT2D eigenvalue weighted by molar-refractivity contribution is 5.80. The van der Waals surface area contributed by atoms with Crippen LogP contribution < -0.4 is 5.32 Å². The lowest BCUT2D eigenvalue weighted by atomic mass is 9.86. The summed E-state index contributed by atoms with van der Waals surface area (Å²) in [6.07, 6.45) is 2.22. The van der Waals surface area contributed by atoms with Crippen LogP contribution in [-0.4, -0.2) is 53.7 Å². The van der Waals surface area contributed by atoms with Gasteiger partial charge in [0.1, 0.15) is 6.61 Å². The normalized spacial score (nSPS) is 16.6. The van der Waals surface area contributed by atoms with Crippen molar-refractivity contribution in [1.82, 2.24) is 10.2 Å². The Kier molecular flexibility index (Phi) is 7.73. The number of rotatable bonds is 10. The van der Waals surface area contributed by atoms with Crippen molar-refractivity contribution in [2.75, 3.05) is 19.7 Å². The summed E-state index contributed by atoms with van der Waals surface area (Å²) in [6.45, 7) is 4.89. The van der Waals surface area contributed by atoms with Gasteiger partial charge in [-0.1, -0.05) is 75.2 Å². The van der Waals surface area contributed by atoms with E-state index in [1.165, 1.54) is 11.1 Å². The second-order valence-electron chi connectivity index (χ2n) is 9.70. The molecule has 2 aliphatic rings. The van der Waals surface area contributed by atoms with Gasteiger partial charge in [-0.05, 0) is 28.7 Å². The number of carbonyl (C=O) groups is 3. The van der Waals surface area contributed by atoms with E-state index in [2.05, 4.69) is 36.5 Å². The molecular formula is C28H34N2O5. The van der Waals surface area contributed by atoms with Crippen LogP contribution in [0.25, 0.3) is 11.1 Å². The Hall–Kier alpha value is -3.35. The van der Waals surface area contributed by atoms with Crippen LogP contribution >= 0.6 is 0 Å². The van der Waals surface area contributed by atoms with Crippen molar-refractivity contribution >= 4 is 18.0 Å². The number of nitrogens with zero attached hydrogens (tertiary/aromatic N) is 1. The molecule has 4 rings (SSSR count). The number of carbonyl (C=O) groups excluding carboxylic acids is 2. The lowest BCUT2D eigenvalue weighted by Gasteiger charge is -2.41. The van der Waals surface area contributed by atoms with Crippen molar-refractivity contribution in [3.8, 4) is 11.1 Å². The van der Waals surface area contributed by atoms with E-state index >= 15 is 0 Å². The molecule has 2 aromatic carbocycles. The first-order valence-corrected chi connectivity index (χ1v) is 12.5. The van der Waals surface area contributed by atoms with Gasteiger partial charge >= 0.3 is 12.1 Å². The predicted molar refractivity (Wildman–Crippen MR) is 133 cm³/mol. The van der Waals surface area contributed by atoms with Crippen LogP contribution in [0.5, 0.6) is 0 Å². The minimum atomic E-state index is -0.833. The number of hydrogen-bond acceptors (Lipinski definition) is 4. The molecule has 2 N–H and O–H groups in total. The smallest absolute Gasteiger partial charge is 0.407 e. The number of ether oxygens (including phenoxy) is 1. The van der Waals surface area contributed by atoms with Gasteiger partial charge in [-0.3, -0.25) is 9.59 Å². The Bertz CT molecular complexity index is 1030. The van der Waals surface area contributed by atoms with Crippen molar-refractivity contribution in [2.24, 2.45) is 11.8 Å². The van der Waals surface area contributed by atoms with E-state index in [0.717, 1.165) is 24.0 Å². The maximum absolute atomic E-state index is 12.7. The fraction of sp³-hybridized carbons (Fsp3) is 0.464. The molecule has 186 valence electrons. The van der Waals surface area contributed by atoms with E-state index < -0.39 is 18.0 Å². The summed E-state index contributed by atoms with van der Waals surface area (Å²) in [6, 6.07) is 16.1. The van der Waals surface area contributed by atoms with Crippen molar-refractivity contribution in [2.45, 2.75) is 51.5 Å². The molecule has 2 aromatic rings. The van der Waals surface area contributed by atoms with Crippen LogP contribution in [-0.2, 0) is 14.3 Å². The maximum Gasteiger partial charge on any atom is 0.407 e. The third-order valence-corrected chi connectivity index (χ3v) is 7.35. The Morgan fingerprint density at radius 2 is 1.66 bits per heavy atom. The van der Waals surface area contributed by atoms with Crippen LogP contribution in [0.3, 0.4) is 0 Å². The lowest BCUT2D eigenvalue weighted by molar-refractivity contribution is -0.150. The number of aliphatic carboxylic acids is 1. The molecule has 0 bridgehead atoms.